The molecule has 0 aliphatic carbocycles. The van der Waals surface area contributed by atoms with Crippen LogP contribution in [0.5, 0.6) is 0 Å². The second-order valence-electron chi connectivity index (χ2n) is 4.87. The molecule has 0 saturated heterocycles. The summed E-state index contributed by atoms with van der Waals surface area (Å²) in [6, 6.07) is 6.37. The van der Waals surface area contributed by atoms with Gasteiger partial charge in [-0.15, -0.1) is 0 Å². The Kier molecular flexibility index (Phi) is 2.98. The van der Waals surface area contributed by atoms with Crippen LogP contribution in [-0.4, -0.2) is 19.3 Å². The van der Waals surface area contributed by atoms with Gasteiger partial charge in [-0.3, -0.25) is 4.68 Å². The van der Waals surface area contributed by atoms with Gasteiger partial charge in [0.25, 0.3) is 0 Å². The molecule has 0 amide bonds. The number of fused-ring (bicyclic) bond motifs is 1. The van der Waals surface area contributed by atoms with Crippen molar-refractivity contribution >= 4 is 23.3 Å². The standard InChI is InChI=1S/C14H16N4S/c1-10-3-4-13-12(7-10)16-14(19)18(13)6-5-11-8-15-17(2)9-11/h3-4,7-9H,5-6H2,1-2H3,(H,16,19). The quantitative estimate of drug-likeness (QED) is 0.744. The van der Waals surface area contributed by atoms with Gasteiger partial charge >= 0.3 is 0 Å². The molecule has 4 nitrogen and oxygen atoms in total. The van der Waals surface area contributed by atoms with E-state index in [9.17, 15) is 0 Å². The summed E-state index contributed by atoms with van der Waals surface area (Å²) in [5, 5.41) is 4.19. The van der Waals surface area contributed by atoms with E-state index in [0.29, 0.717) is 0 Å². The van der Waals surface area contributed by atoms with Crippen LogP contribution in [0.1, 0.15) is 11.1 Å². The summed E-state index contributed by atoms with van der Waals surface area (Å²) in [6.45, 7) is 2.96. The Bertz CT molecular complexity index is 778. The highest BCUT2D eigenvalue weighted by atomic mass is 32.1. The van der Waals surface area contributed by atoms with Crippen LogP contribution in [0.4, 0.5) is 0 Å². The van der Waals surface area contributed by atoms with Gasteiger partial charge in [0.05, 0.1) is 17.2 Å². The average molecular weight is 272 g/mol. The Morgan fingerprint density at radius 3 is 2.95 bits per heavy atom. The molecule has 0 unspecified atom stereocenters. The topological polar surface area (TPSA) is 38.5 Å². The average Bonchev–Trinajstić information content (AvgIpc) is 2.89. The fraction of sp³-hybridized carbons (Fsp3) is 0.286. The monoisotopic (exact) mass is 272 g/mol. The molecule has 5 heteroatoms. The van der Waals surface area contributed by atoms with Gasteiger partial charge in [-0.2, -0.15) is 5.10 Å². The second kappa shape index (κ2) is 4.66. The Morgan fingerprint density at radius 1 is 1.37 bits per heavy atom. The van der Waals surface area contributed by atoms with E-state index in [4.69, 9.17) is 12.2 Å². The lowest BCUT2D eigenvalue weighted by atomic mass is 10.2. The molecule has 0 radical (unpaired) electrons. The number of H-pyrrole nitrogens is 1. The fourth-order valence-corrected chi connectivity index (χ4v) is 2.64. The highest BCUT2D eigenvalue weighted by Crippen LogP contribution is 2.16. The zero-order valence-corrected chi connectivity index (χ0v) is 11.9. The van der Waals surface area contributed by atoms with Crippen molar-refractivity contribution in [2.24, 2.45) is 7.05 Å². The van der Waals surface area contributed by atoms with E-state index in [-0.39, 0.29) is 0 Å². The van der Waals surface area contributed by atoms with Gasteiger partial charge in [0, 0.05) is 19.8 Å². The predicted molar refractivity (Wildman–Crippen MR) is 78.8 cm³/mol. The van der Waals surface area contributed by atoms with Crippen molar-refractivity contribution in [2.45, 2.75) is 19.9 Å². The first kappa shape index (κ1) is 12.2. The Balaban J connectivity index is 1.92. The number of imidazole rings is 1. The third-order valence-corrected chi connectivity index (χ3v) is 3.63. The number of nitrogens with zero attached hydrogens (tertiary/aromatic N) is 3. The fourth-order valence-electron chi connectivity index (χ4n) is 2.34. The van der Waals surface area contributed by atoms with Crippen LogP contribution in [0.25, 0.3) is 11.0 Å². The van der Waals surface area contributed by atoms with E-state index in [0.717, 1.165) is 23.3 Å². The molecule has 3 aromatic rings. The number of aromatic amines is 1. The number of hydrogen-bond acceptors (Lipinski definition) is 2. The SMILES string of the molecule is Cc1ccc2c(c1)[nH]c(=S)n2CCc1cnn(C)c1. The highest BCUT2D eigenvalue weighted by molar-refractivity contribution is 7.71. The van der Waals surface area contributed by atoms with Crippen LogP contribution in [-0.2, 0) is 20.0 Å². The zero-order valence-electron chi connectivity index (χ0n) is 11.1. The van der Waals surface area contributed by atoms with Gasteiger partial charge in [0.1, 0.15) is 0 Å². The van der Waals surface area contributed by atoms with E-state index >= 15 is 0 Å². The Hall–Kier alpha value is -1.88. The number of aromatic nitrogens is 4. The molecular formula is C14H16N4S. The van der Waals surface area contributed by atoms with Crippen LogP contribution in [0.2, 0.25) is 0 Å². The molecule has 19 heavy (non-hydrogen) atoms. The minimum atomic E-state index is 0.782. The molecule has 0 saturated carbocycles. The molecule has 0 aliphatic rings. The highest BCUT2D eigenvalue weighted by Gasteiger charge is 2.05. The molecule has 0 bridgehead atoms. The molecule has 1 aromatic carbocycles. The number of benzene rings is 1. The van der Waals surface area contributed by atoms with E-state index in [2.05, 4.69) is 39.8 Å². The minimum Gasteiger partial charge on any atom is -0.331 e. The molecule has 98 valence electrons. The maximum atomic E-state index is 5.40. The van der Waals surface area contributed by atoms with Crippen molar-refractivity contribution in [3.63, 3.8) is 0 Å². The summed E-state index contributed by atoms with van der Waals surface area (Å²) in [5.74, 6) is 0. The first-order chi connectivity index (χ1) is 9.13. The largest absolute Gasteiger partial charge is 0.331 e. The molecule has 3 rings (SSSR count). The van der Waals surface area contributed by atoms with E-state index in [1.54, 1.807) is 0 Å². The third kappa shape index (κ3) is 2.33. The number of rotatable bonds is 3. The second-order valence-corrected chi connectivity index (χ2v) is 5.26. The van der Waals surface area contributed by atoms with Gasteiger partial charge in [-0.1, -0.05) is 6.07 Å². The lowest BCUT2D eigenvalue weighted by Gasteiger charge is -2.03. The summed E-state index contributed by atoms with van der Waals surface area (Å²) < 4.78 is 4.76. The third-order valence-electron chi connectivity index (χ3n) is 3.31. The first-order valence-corrected chi connectivity index (χ1v) is 6.71. The number of aryl methyl sites for hydroxylation is 4. The summed E-state index contributed by atoms with van der Waals surface area (Å²) in [7, 11) is 1.93. The number of nitrogens with one attached hydrogen (secondary N) is 1. The summed E-state index contributed by atoms with van der Waals surface area (Å²) >= 11 is 5.40. The summed E-state index contributed by atoms with van der Waals surface area (Å²) in [5.41, 5.74) is 4.74. The molecule has 0 aliphatic heterocycles. The minimum absolute atomic E-state index is 0.782. The molecule has 0 spiro atoms. The van der Waals surface area contributed by atoms with Crippen LogP contribution >= 0.6 is 12.2 Å². The van der Waals surface area contributed by atoms with Crippen LogP contribution in [0.15, 0.2) is 30.6 Å². The van der Waals surface area contributed by atoms with Gasteiger partial charge in [-0.25, -0.2) is 0 Å². The van der Waals surface area contributed by atoms with Crippen molar-refractivity contribution in [1.29, 1.82) is 0 Å². The Morgan fingerprint density at radius 2 is 2.21 bits per heavy atom. The first-order valence-electron chi connectivity index (χ1n) is 6.30. The van der Waals surface area contributed by atoms with Crippen molar-refractivity contribution in [3.05, 3.63) is 46.5 Å². The van der Waals surface area contributed by atoms with Crippen molar-refractivity contribution in [3.8, 4) is 0 Å². The van der Waals surface area contributed by atoms with Crippen molar-refractivity contribution in [2.75, 3.05) is 0 Å². The zero-order chi connectivity index (χ0) is 13.4. The Labute approximate surface area is 116 Å². The molecular weight excluding hydrogens is 256 g/mol. The molecule has 1 N–H and O–H groups in total. The van der Waals surface area contributed by atoms with Crippen LogP contribution in [0, 0.1) is 11.7 Å². The van der Waals surface area contributed by atoms with E-state index in [1.807, 2.05) is 24.1 Å². The summed E-state index contributed by atoms with van der Waals surface area (Å²) in [4.78, 5) is 3.27. The summed E-state index contributed by atoms with van der Waals surface area (Å²) in [6.07, 6.45) is 4.88. The normalized spacial score (nSPS) is 11.3. The van der Waals surface area contributed by atoms with E-state index in [1.165, 1.54) is 16.6 Å². The lowest BCUT2D eigenvalue weighted by Crippen LogP contribution is -2.00. The van der Waals surface area contributed by atoms with Gasteiger partial charge < -0.3 is 9.55 Å². The maximum Gasteiger partial charge on any atom is 0.178 e. The van der Waals surface area contributed by atoms with Gasteiger partial charge in [0.15, 0.2) is 4.77 Å². The number of hydrogen-bond donors (Lipinski definition) is 1. The predicted octanol–water partition coefficient (Wildman–Crippen LogP) is 2.98. The molecule has 2 aromatic heterocycles. The molecule has 2 heterocycles. The van der Waals surface area contributed by atoms with Gasteiger partial charge in [-0.05, 0) is 48.8 Å². The maximum absolute atomic E-state index is 5.40. The van der Waals surface area contributed by atoms with E-state index < -0.39 is 0 Å². The molecule has 0 fully saturated rings. The lowest BCUT2D eigenvalue weighted by molar-refractivity contribution is 0.705. The van der Waals surface area contributed by atoms with Crippen molar-refractivity contribution < 1.29 is 0 Å². The van der Waals surface area contributed by atoms with Crippen molar-refractivity contribution in [1.82, 2.24) is 19.3 Å². The van der Waals surface area contributed by atoms with Gasteiger partial charge in [0.2, 0.25) is 0 Å². The molecule has 0 atom stereocenters. The smallest absolute Gasteiger partial charge is 0.178 e. The van der Waals surface area contributed by atoms with Crippen LogP contribution in [0.3, 0.4) is 0 Å². The van der Waals surface area contributed by atoms with Crippen LogP contribution < -0.4 is 0 Å².